The molecule has 1 aromatic rings. The Morgan fingerprint density at radius 2 is 1.90 bits per heavy atom. The lowest BCUT2D eigenvalue weighted by molar-refractivity contribution is -0.142. The largest absolute Gasteiger partial charge is 0.497 e. The lowest BCUT2D eigenvalue weighted by atomic mass is 10.2. The number of aliphatic carboxylic acids is 1. The van der Waals surface area contributed by atoms with E-state index in [2.05, 4.69) is 17.0 Å². The summed E-state index contributed by atoms with van der Waals surface area (Å²) in [6.07, 6.45) is 0.976. The molecule has 0 aliphatic carbocycles. The van der Waals surface area contributed by atoms with E-state index in [0.29, 0.717) is 0 Å². The van der Waals surface area contributed by atoms with E-state index in [1.807, 2.05) is 17.0 Å². The second kappa shape index (κ2) is 6.61. The molecule has 0 aromatic heterocycles. The topological polar surface area (TPSA) is 53.0 Å². The van der Waals surface area contributed by atoms with Crippen LogP contribution in [0, 0.1) is 0 Å². The highest BCUT2D eigenvalue weighted by molar-refractivity contribution is 5.72. The number of hydrogen-bond donors (Lipinski definition) is 1. The number of hydrogen-bond acceptors (Lipinski definition) is 4. The highest BCUT2D eigenvalue weighted by Gasteiger charge is 2.23. The van der Waals surface area contributed by atoms with Crippen LogP contribution in [0.3, 0.4) is 0 Å². The van der Waals surface area contributed by atoms with Gasteiger partial charge in [0.15, 0.2) is 0 Å². The lowest BCUT2D eigenvalue weighted by Crippen LogP contribution is -2.41. The van der Waals surface area contributed by atoms with Crippen molar-refractivity contribution in [3.63, 3.8) is 0 Å². The van der Waals surface area contributed by atoms with Gasteiger partial charge in [0.1, 0.15) is 11.8 Å². The predicted molar refractivity (Wildman–Crippen MR) is 78.5 cm³/mol. The Bertz CT molecular complexity index is 447. The van der Waals surface area contributed by atoms with Crippen LogP contribution in [0.2, 0.25) is 0 Å². The zero-order chi connectivity index (χ0) is 14.5. The molecule has 1 N–H and O–H groups in total. The van der Waals surface area contributed by atoms with Gasteiger partial charge in [-0.15, -0.1) is 0 Å². The van der Waals surface area contributed by atoms with Gasteiger partial charge in [-0.3, -0.25) is 9.69 Å². The maximum atomic E-state index is 11.1. The summed E-state index contributed by atoms with van der Waals surface area (Å²) in [6, 6.07) is 7.60. The van der Waals surface area contributed by atoms with Crippen LogP contribution in [0.25, 0.3) is 0 Å². The minimum Gasteiger partial charge on any atom is -0.497 e. The van der Waals surface area contributed by atoms with Gasteiger partial charge in [-0.1, -0.05) is 0 Å². The Morgan fingerprint density at radius 1 is 1.20 bits per heavy atom. The molecule has 1 aliphatic rings. The maximum absolute atomic E-state index is 11.1. The molecule has 1 fully saturated rings. The van der Waals surface area contributed by atoms with Crippen LogP contribution in [-0.4, -0.2) is 55.3 Å². The monoisotopic (exact) mass is 278 g/mol. The minimum absolute atomic E-state index is 0.411. The van der Waals surface area contributed by atoms with Crippen LogP contribution in [-0.2, 0) is 4.79 Å². The first-order chi connectivity index (χ1) is 9.61. The van der Waals surface area contributed by atoms with Gasteiger partial charge in [0, 0.05) is 31.9 Å². The number of anilines is 1. The first-order valence-electron chi connectivity index (χ1n) is 6.97. The summed E-state index contributed by atoms with van der Waals surface area (Å²) in [7, 11) is 1.66. The molecule has 0 amide bonds. The van der Waals surface area contributed by atoms with E-state index in [9.17, 15) is 4.79 Å². The molecule has 1 aliphatic heterocycles. The second-order valence-corrected chi connectivity index (χ2v) is 5.09. The molecule has 0 radical (unpaired) electrons. The molecular weight excluding hydrogens is 256 g/mol. The molecule has 5 heteroatoms. The third kappa shape index (κ3) is 3.42. The summed E-state index contributed by atoms with van der Waals surface area (Å²) in [4.78, 5) is 15.4. The number of methoxy groups -OCH3 is 1. The lowest BCUT2D eigenvalue weighted by Gasteiger charge is -2.25. The molecule has 2 rings (SSSR count). The number of carboxylic acid groups (broad SMARTS) is 1. The molecule has 0 bridgehead atoms. The third-order valence-corrected chi connectivity index (χ3v) is 3.87. The highest BCUT2D eigenvalue weighted by atomic mass is 16.5. The fourth-order valence-electron chi connectivity index (χ4n) is 2.53. The van der Waals surface area contributed by atoms with Crippen molar-refractivity contribution < 1.29 is 14.6 Å². The van der Waals surface area contributed by atoms with E-state index in [1.54, 1.807) is 14.0 Å². The van der Waals surface area contributed by atoms with Gasteiger partial charge in [-0.25, -0.2) is 0 Å². The van der Waals surface area contributed by atoms with Crippen molar-refractivity contribution in [3.8, 4) is 5.75 Å². The van der Waals surface area contributed by atoms with Crippen LogP contribution in [0.1, 0.15) is 13.3 Å². The molecule has 5 nitrogen and oxygen atoms in total. The van der Waals surface area contributed by atoms with Crippen molar-refractivity contribution in [2.45, 2.75) is 19.4 Å². The number of nitrogens with zero attached hydrogens (tertiary/aromatic N) is 2. The molecule has 1 saturated heterocycles. The predicted octanol–water partition coefficient (Wildman–Crippen LogP) is 1.68. The van der Waals surface area contributed by atoms with E-state index < -0.39 is 12.0 Å². The molecule has 0 unspecified atom stereocenters. The van der Waals surface area contributed by atoms with Crippen molar-refractivity contribution in [2.24, 2.45) is 0 Å². The van der Waals surface area contributed by atoms with Crippen molar-refractivity contribution in [1.29, 1.82) is 0 Å². The van der Waals surface area contributed by atoms with E-state index in [-0.39, 0.29) is 0 Å². The Hall–Kier alpha value is -1.75. The van der Waals surface area contributed by atoms with Crippen molar-refractivity contribution >= 4 is 11.7 Å². The summed E-state index contributed by atoms with van der Waals surface area (Å²) in [5.74, 6) is 0.104. The summed E-state index contributed by atoms with van der Waals surface area (Å²) in [5, 5.41) is 9.10. The van der Waals surface area contributed by atoms with Crippen molar-refractivity contribution in [1.82, 2.24) is 4.90 Å². The van der Waals surface area contributed by atoms with Gasteiger partial charge in [0.2, 0.25) is 0 Å². The molecule has 0 spiro atoms. The van der Waals surface area contributed by atoms with Gasteiger partial charge in [-0.05, 0) is 37.6 Å². The number of benzene rings is 1. The van der Waals surface area contributed by atoms with Crippen molar-refractivity contribution in [2.75, 3.05) is 38.2 Å². The van der Waals surface area contributed by atoms with Crippen LogP contribution in [0.5, 0.6) is 5.75 Å². The normalized spacial score (nSPS) is 18.4. The Balaban J connectivity index is 1.99. The average molecular weight is 278 g/mol. The third-order valence-electron chi connectivity index (χ3n) is 3.87. The first kappa shape index (κ1) is 14.7. The fraction of sp³-hybridized carbons (Fsp3) is 0.533. The van der Waals surface area contributed by atoms with Crippen LogP contribution < -0.4 is 9.64 Å². The molecule has 0 saturated carbocycles. The van der Waals surface area contributed by atoms with Crippen molar-refractivity contribution in [3.05, 3.63) is 24.3 Å². The Kier molecular flexibility index (Phi) is 4.84. The number of ether oxygens (including phenoxy) is 1. The summed E-state index contributed by atoms with van der Waals surface area (Å²) in [6.45, 7) is 5.17. The molecular formula is C15H22N2O3. The van der Waals surface area contributed by atoms with Gasteiger partial charge >= 0.3 is 5.97 Å². The summed E-state index contributed by atoms with van der Waals surface area (Å²) < 4.78 is 5.16. The minimum atomic E-state index is -0.747. The highest BCUT2D eigenvalue weighted by Crippen LogP contribution is 2.21. The fourth-order valence-corrected chi connectivity index (χ4v) is 2.53. The zero-order valence-corrected chi connectivity index (χ0v) is 12.1. The molecule has 110 valence electrons. The zero-order valence-electron chi connectivity index (χ0n) is 12.1. The molecule has 1 aromatic carbocycles. The molecule has 1 heterocycles. The van der Waals surface area contributed by atoms with E-state index >= 15 is 0 Å². The van der Waals surface area contributed by atoms with E-state index in [4.69, 9.17) is 9.84 Å². The average Bonchev–Trinajstić information content (AvgIpc) is 2.72. The van der Waals surface area contributed by atoms with Gasteiger partial charge in [0.25, 0.3) is 0 Å². The van der Waals surface area contributed by atoms with Gasteiger partial charge in [0.05, 0.1) is 7.11 Å². The number of carbonyl (C=O) groups is 1. The summed E-state index contributed by atoms with van der Waals surface area (Å²) >= 11 is 0. The first-order valence-corrected chi connectivity index (χ1v) is 6.97. The number of rotatable bonds is 4. The Morgan fingerprint density at radius 3 is 2.50 bits per heavy atom. The second-order valence-electron chi connectivity index (χ2n) is 5.09. The van der Waals surface area contributed by atoms with Crippen LogP contribution in [0.15, 0.2) is 24.3 Å². The van der Waals surface area contributed by atoms with Crippen LogP contribution >= 0.6 is 0 Å². The van der Waals surface area contributed by atoms with Gasteiger partial charge in [-0.2, -0.15) is 0 Å². The SMILES string of the molecule is COc1ccc(N2CCCN([C@@H](C)C(=O)O)CC2)cc1. The molecule has 1 atom stereocenters. The maximum Gasteiger partial charge on any atom is 0.320 e. The van der Waals surface area contributed by atoms with E-state index in [1.165, 1.54) is 0 Å². The van der Waals surface area contributed by atoms with Crippen LogP contribution in [0.4, 0.5) is 5.69 Å². The standard InChI is InChI=1S/C15H22N2O3/c1-12(15(18)19)16-8-3-9-17(11-10-16)13-4-6-14(20-2)7-5-13/h4-7,12H,3,8-11H2,1-2H3,(H,18,19)/t12-/m0/s1. The Labute approximate surface area is 119 Å². The summed E-state index contributed by atoms with van der Waals surface area (Å²) in [5.41, 5.74) is 1.16. The van der Waals surface area contributed by atoms with Gasteiger partial charge < -0.3 is 14.7 Å². The quantitative estimate of drug-likeness (QED) is 0.908. The van der Waals surface area contributed by atoms with E-state index in [0.717, 1.165) is 44.0 Å². The molecule has 20 heavy (non-hydrogen) atoms. The smallest absolute Gasteiger partial charge is 0.320 e. The number of carboxylic acids is 1.